The van der Waals surface area contributed by atoms with Gasteiger partial charge in [0.25, 0.3) is 0 Å². The highest BCUT2D eigenvalue weighted by atomic mass is 16.5. The monoisotopic (exact) mass is 187 g/mol. The summed E-state index contributed by atoms with van der Waals surface area (Å²) in [4.78, 5) is 0. The summed E-state index contributed by atoms with van der Waals surface area (Å²) in [6.07, 6.45) is 3.47. The minimum Gasteiger partial charge on any atom is -0.385 e. The second-order valence-corrected chi connectivity index (χ2v) is 3.89. The van der Waals surface area contributed by atoms with Crippen LogP contribution in [0.2, 0.25) is 0 Å². The Balaban J connectivity index is 2.40. The summed E-state index contributed by atoms with van der Waals surface area (Å²) in [7, 11) is 3.79. The van der Waals surface area contributed by atoms with Crippen molar-refractivity contribution >= 4 is 0 Å². The Morgan fingerprint density at radius 1 is 1.38 bits per heavy atom. The third-order valence-corrected chi connectivity index (χ3v) is 2.94. The van der Waals surface area contributed by atoms with Crippen LogP contribution in [0.1, 0.15) is 19.3 Å². The maximum absolute atomic E-state index is 5.38. The number of nitrogens with one attached hydrogen (secondary N) is 1. The Labute approximate surface area is 80.8 Å². The van der Waals surface area contributed by atoms with Crippen molar-refractivity contribution in [1.29, 1.82) is 0 Å². The van der Waals surface area contributed by atoms with Crippen LogP contribution in [0.25, 0.3) is 0 Å². The highest BCUT2D eigenvalue weighted by molar-refractivity contribution is 4.83. The van der Waals surface area contributed by atoms with Crippen molar-refractivity contribution in [1.82, 2.24) is 5.32 Å². The SMILES string of the molecule is CNCC1(CCOC)CCOCC1. The molecule has 3 heteroatoms. The quantitative estimate of drug-likeness (QED) is 0.697. The van der Waals surface area contributed by atoms with E-state index in [4.69, 9.17) is 9.47 Å². The molecule has 0 aromatic rings. The lowest BCUT2D eigenvalue weighted by molar-refractivity contribution is -0.000443. The minimum absolute atomic E-state index is 0.420. The average molecular weight is 187 g/mol. The predicted molar refractivity (Wildman–Crippen MR) is 52.9 cm³/mol. The van der Waals surface area contributed by atoms with E-state index in [0.29, 0.717) is 5.41 Å². The van der Waals surface area contributed by atoms with E-state index < -0.39 is 0 Å². The molecule has 0 aliphatic carbocycles. The molecule has 0 aromatic heterocycles. The van der Waals surface area contributed by atoms with Gasteiger partial charge in [0.05, 0.1) is 0 Å². The first-order valence-electron chi connectivity index (χ1n) is 5.04. The fourth-order valence-electron chi connectivity index (χ4n) is 2.01. The maximum Gasteiger partial charge on any atom is 0.0471 e. The molecule has 1 N–H and O–H groups in total. The Kier molecular flexibility index (Phi) is 4.70. The van der Waals surface area contributed by atoms with Crippen molar-refractivity contribution in [3.8, 4) is 0 Å². The highest BCUT2D eigenvalue weighted by Crippen LogP contribution is 2.33. The van der Waals surface area contributed by atoms with E-state index in [9.17, 15) is 0 Å². The minimum atomic E-state index is 0.420. The van der Waals surface area contributed by atoms with Crippen LogP contribution in [-0.2, 0) is 9.47 Å². The summed E-state index contributed by atoms with van der Waals surface area (Å²) in [6.45, 7) is 3.76. The molecule has 1 rings (SSSR count). The van der Waals surface area contributed by atoms with E-state index in [2.05, 4.69) is 5.32 Å². The van der Waals surface area contributed by atoms with E-state index >= 15 is 0 Å². The van der Waals surface area contributed by atoms with Gasteiger partial charge in [-0.25, -0.2) is 0 Å². The molecule has 1 saturated heterocycles. The lowest BCUT2D eigenvalue weighted by Crippen LogP contribution is -2.38. The van der Waals surface area contributed by atoms with Gasteiger partial charge in [-0.05, 0) is 31.7 Å². The summed E-state index contributed by atoms with van der Waals surface area (Å²) in [5.41, 5.74) is 0.420. The van der Waals surface area contributed by atoms with Gasteiger partial charge in [-0.15, -0.1) is 0 Å². The van der Waals surface area contributed by atoms with Gasteiger partial charge in [-0.1, -0.05) is 0 Å². The fraction of sp³-hybridized carbons (Fsp3) is 1.00. The number of rotatable bonds is 5. The zero-order valence-electron chi connectivity index (χ0n) is 8.77. The van der Waals surface area contributed by atoms with Crippen LogP contribution in [-0.4, -0.2) is 40.5 Å². The zero-order valence-corrected chi connectivity index (χ0v) is 8.77. The van der Waals surface area contributed by atoms with Crippen molar-refractivity contribution in [2.24, 2.45) is 5.41 Å². The normalized spacial score (nSPS) is 21.7. The molecule has 78 valence electrons. The molecule has 1 aliphatic rings. The molecule has 0 bridgehead atoms. The highest BCUT2D eigenvalue weighted by Gasteiger charge is 2.31. The molecular weight excluding hydrogens is 166 g/mol. The molecule has 0 unspecified atom stereocenters. The zero-order chi connectivity index (χ0) is 9.57. The van der Waals surface area contributed by atoms with Crippen LogP contribution < -0.4 is 5.32 Å². The van der Waals surface area contributed by atoms with Gasteiger partial charge in [0.1, 0.15) is 0 Å². The summed E-state index contributed by atoms with van der Waals surface area (Å²) in [5, 5.41) is 3.28. The summed E-state index contributed by atoms with van der Waals surface area (Å²) in [5.74, 6) is 0. The van der Waals surface area contributed by atoms with Crippen LogP contribution in [0.5, 0.6) is 0 Å². The second kappa shape index (κ2) is 5.58. The lowest BCUT2D eigenvalue weighted by atomic mass is 9.77. The first-order valence-corrected chi connectivity index (χ1v) is 5.04. The third kappa shape index (κ3) is 3.25. The maximum atomic E-state index is 5.38. The number of hydrogen-bond acceptors (Lipinski definition) is 3. The third-order valence-electron chi connectivity index (χ3n) is 2.94. The molecule has 0 spiro atoms. The van der Waals surface area contributed by atoms with Gasteiger partial charge >= 0.3 is 0 Å². The summed E-state index contributed by atoms with van der Waals surface area (Å²) >= 11 is 0. The van der Waals surface area contributed by atoms with Crippen LogP contribution in [0.15, 0.2) is 0 Å². The Hall–Kier alpha value is -0.120. The lowest BCUT2D eigenvalue weighted by Gasteiger charge is -2.37. The van der Waals surface area contributed by atoms with Crippen LogP contribution in [0.4, 0.5) is 0 Å². The van der Waals surface area contributed by atoms with E-state index in [0.717, 1.165) is 45.6 Å². The molecule has 1 fully saturated rings. The van der Waals surface area contributed by atoms with Crippen molar-refractivity contribution in [3.63, 3.8) is 0 Å². The molecule has 1 heterocycles. The van der Waals surface area contributed by atoms with E-state index in [1.807, 2.05) is 7.05 Å². The van der Waals surface area contributed by atoms with Gasteiger partial charge < -0.3 is 14.8 Å². The Morgan fingerprint density at radius 3 is 2.62 bits per heavy atom. The average Bonchev–Trinajstić information content (AvgIpc) is 2.17. The summed E-state index contributed by atoms with van der Waals surface area (Å²) < 4.78 is 10.5. The van der Waals surface area contributed by atoms with Crippen molar-refractivity contribution in [2.75, 3.05) is 40.5 Å². The van der Waals surface area contributed by atoms with Gasteiger partial charge in [0.2, 0.25) is 0 Å². The Bertz CT molecular complexity index is 127. The molecule has 13 heavy (non-hydrogen) atoms. The molecular formula is C10H21NO2. The largest absolute Gasteiger partial charge is 0.385 e. The van der Waals surface area contributed by atoms with Crippen LogP contribution in [0.3, 0.4) is 0 Å². The smallest absolute Gasteiger partial charge is 0.0471 e. The van der Waals surface area contributed by atoms with Crippen LogP contribution in [0, 0.1) is 5.41 Å². The summed E-state index contributed by atoms with van der Waals surface area (Å²) in [6, 6.07) is 0. The molecule has 0 atom stereocenters. The van der Waals surface area contributed by atoms with Crippen molar-refractivity contribution in [2.45, 2.75) is 19.3 Å². The standard InChI is InChI=1S/C10H21NO2/c1-11-9-10(3-6-12-2)4-7-13-8-5-10/h11H,3-9H2,1-2H3. The fourth-order valence-corrected chi connectivity index (χ4v) is 2.01. The molecule has 0 amide bonds. The van der Waals surface area contributed by atoms with Crippen LogP contribution >= 0.6 is 0 Å². The first-order chi connectivity index (χ1) is 6.33. The molecule has 0 radical (unpaired) electrons. The van der Waals surface area contributed by atoms with Gasteiger partial charge in [0, 0.05) is 33.5 Å². The van der Waals surface area contributed by atoms with E-state index in [-0.39, 0.29) is 0 Å². The number of hydrogen-bond donors (Lipinski definition) is 1. The topological polar surface area (TPSA) is 30.5 Å². The molecule has 1 aliphatic heterocycles. The van der Waals surface area contributed by atoms with Crippen molar-refractivity contribution in [3.05, 3.63) is 0 Å². The first kappa shape index (κ1) is 11.0. The van der Waals surface area contributed by atoms with Gasteiger partial charge in [0.15, 0.2) is 0 Å². The number of methoxy groups -OCH3 is 1. The predicted octanol–water partition coefficient (Wildman–Crippen LogP) is 1.04. The molecule has 0 saturated carbocycles. The molecule has 3 nitrogen and oxygen atoms in total. The second-order valence-electron chi connectivity index (χ2n) is 3.89. The van der Waals surface area contributed by atoms with Gasteiger partial charge in [-0.3, -0.25) is 0 Å². The number of ether oxygens (including phenoxy) is 2. The van der Waals surface area contributed by atoms with Gasteiger partial charge in [-0.2, -0.15) is 0 Å². The van der Waals surface area contributed by atoms with E-state index in [1.54, 1.807) is 7.11 Å². The van der Waals surface area contributed by atoms with E-state index in [1.165, 1.54) is 0 Å². The Morgan fingerprint density at radius 2 is 2.08 bits per heavy atom. The molecule has 0 aromatic carbocycles. The van der Waals surface area contributed by atoms with Crippen molar-refractivity contribution < 1.29 is 9.47 Å².